The number of rotatable bonds is 2. The molecule has 3 nitrogen and oxygen atoms in total. The first-order chi connectivity index (χ1) is 10.3. The van der Waals surface area contributed by atoms with Gasteiger partial charge in [0.05, 0.1) is 10.9 Å². The van der Waals surface area contributed by atoms with Crippen LogP contribution in [0.1, 0.15) is 53.7 Å². The highest BCUT2D eigenvalue weighted by molar-refractivity contribution is 8.14. The average molecular weight is 338 g/mol. The van der Waals surface area contributed by atoms with Gasteiger partial charge in [0.2, 0.25) is 5.12 Å². The molecule has 2 heterocycles. The van der Waals surface area contributed by atoms with E-state index in [0.717, 1.165) is 29.9 Å². The third-order valence-corrected chi connectivity index (χ3v) is 7.02. The highest BCUT2D eigenvalue weighted by Crippen LogP contribution is 2.40. The summed E-state index contributed by atoms with van der Waals surface area (Å²) in [6.07, 6.45) is 4.11. The minimum atomic E-state index is -0.293. The summed E-state index contributed by atoms with van der Waals surface area (Å²) in [6.45, 7) is 6.89. The van der Waals surface area contributed by atoms with E-state index in [1.165, 1.54) is 28.6 Å². The summed E-state index contributed by atoms with van der Waals surface area (Å²) in [5, 5.41) is 3.00. The lowest BCUT2D eigenvalue weighted by Crippen LogP contribution is -2.36. The summed E-state index contributed by atoms with van der Waals surface area (Å²) >= 11 is 2.93. The van der Waals surface area contributed by atoms with Gasteiger partial charge in [0, 0.05) is 10.6 Å². The van der Waals surface area contributed by atoms with Crippen LogP contribution in [0.15, 0.2) is 6.07 Å². The van der Waals surface area contributed by atoms with Crippen LogP contribution in [0.2, 0.25) is 0 Å². The molecule has 1 saturated heterocycles. The molecule has 1 aliphatic heterocycles. The van der Waals surface area contributed by atoms with Gasteiger partial charge in [-0.15, -0.1) is 11.3 Å². The fourth-order valence-corrected chi connectivity index (χ4v) is 5.28. The van der Waals surface area contributed by atoms with Crippen LogP contribution in [0, 0.1) is 11.3 Å². The first-order valence-corrected chi connectivity index (χ1v) is 9.74. The van der Waals surface area contributed by atoms with Gasteiger partial charge in [-0.05, 0) is 48.6 Å². The number of hydrogen-bond acceptors (Lipinski definition) is 4. The summed E-state index contributed by atoms with van der Waals surface area (Å²) in [7, 11) is 0. The smallest absolute Gasteiger partial charge is 0.261 e. The predicted molar refractivity (Wildman–Crippen MR) is 92.6 cm³/mol. The number of fused-ring (bicyclic) bond motifs is 1. The van der Waals surface area contributed by atoms with E-state index in [1.807, 2.05) is 0 Å². The lowest BCUT2D eigenvalue weighted by atomic mass is 9.72. The third-order valence-electron chi connectivity index (χ3n) is 4.77. The Morgan fingerprint density at radius 3 is 2.73 bits per heavy atom. The topological polar surface area (TPSA) is 46.2 Å². The van der Waals surface area contributed by atoms with Crippen LogP contribution in [0.3, 0.4) is 0 Å². The maximum Gasteiger partial charge on any atom is 0.261 e. The van der Waals surface area contributed by atoms with Gasteiger partial charge >= 0.3 is 0 Å². The minimum Gasteiger partial charge on any atom is -0.341 e. The van der Waals surface area contributed by atoms with Crippen LogP contribution in [0.5, 0.6) is 0 Å². The van der Waals surface area contributed by atoms with Gasteiger partial charge in [-0.3, -0.25) is 9.59 Å². The van der Waals surface area contributed by atoms with Gasteiger partial charge in [0.1, 0.15) is 0 Å². The second-order valence-electron chi connectivity index (χ2n) is 7.35. The first kappa shape index (κ1) is 16.1. The highest BCUT2D eigenvalue weighted by atomic mass is 32.2. The number of aryl methyl sites for hydroxylation is 1. The second kappa shape index (κ2) is 6.00. The van der Waals surface area contributed by atoms with E-state index in [0.29, 0.717) is 11.3 Å². The normalized spacial score (nSPS) is 25.1. The minimum absolute atomic E-state index is 0.0763. The molecule has 5 heteroatoms. The molecule has 1 amide bonds. The fraction of sp³-hybridized carbons (Fsp3) is 0.647. The summed E-state index contributed by atoms with van der Waals surface area (Å²) < 4.78 is 0. The molecule has 120 valence electrons. The van der Waals surface area contributed by atoms with E-state index in [1.54, 1.807) is 11.3 Å². The van der Waals surface area contributed by atoms with Crippen molar-refractivity contribution in [3.05, 3.63) is 21.4 Å². The van der Waals surface area contributed by atoms with Crippen molar-refractivity contribution in [2.45, 2.75) is 52.5 Å². The van der Waals surface area contributed by atoms with E-state index >= 15 is 0 Å². The quantitative estimate of drug-likeness (QED) is 0.896. The number of thioether (sulfide) groups is 1. The van der Waals surface area contributed by atoms with Crippen molar-refractivity contribution in [2.24, 2.45) is 11.3 Å². The fourth-order valence-electron chi connectivity index (χ4n) is 3.23. The molecule has 1 aromatic heterocycles. The van der Waals surface area contributed by atoms with Crippen LogP contribution < -0.4 is 5.32 Å². The van der Waals surface area contributed by atoms with Crippen LogP contribution >= 0.6 is 23.1 Å². The molecule has 22 heavy (non-hydrogen) atoms. The van der Waals surface area contributed by atoms with Crippen molar-refractivity contribution in [3.8, 4) is 0 Å². The Labute approximate surface area is 140 Å². The van der Waals surface area contributed by atoms with Gasteiger partial charge in [0.25, 0.3) is 5.91 Å². The lowest BCUT2D eigenvalue weighted by Gasteiger charge is -2.33. The number of carbonyl (C=O) groups excluding carboxylic acids is 2. The van der Waals surface area contributed by atoms with Crippen LogP contribution in [0.4, 0.5) is 0 Å². The lowest BCUT2D eigenvalue weighted by molar-refractivity contribution is -0.112. The molecule has 1 fully saturated rings. The Morgan fingerprint density at radius 2 is 2.09 bits per heavy atom. The predicted octanol–water partition coefficient (Wildman–Crippen LogP) is 3.66. The Balaban J connectivity index is 1.71. The maximum atomic E-state index is 12.4. The monoisotopic (exact) mass is 337 g/mol. The van der Waals surface area contributed by atoms with Crippen molar-refractivity contribution < 1.29 is 9.59 Å². The molecule has 3 rings (SSSR count). The van der Waals surface area contributed by atoms with Gasteiger partial charge in [-0.25, -0.2) is 0 Å². The molecule has 1 aliphatic carbocycles. The van der Waals surface area contributed by atoms with Crippen molar-refractivity contribution >= 4 is 34.1 Å². The largest absolute Gasteiger partial charge is 0.341 e. The molecule has 2 atom stereocenters. The molecule has 1 N–H and O–H groups in total. The summed E-state index contributed by atoms with van der Waals surface area (Å²) in [6, 6.07) is 1.76. The van der Waals surface area contributed by atoms with E-state index in [2.05, 4.69) is 32.2 Å². The molecule has 0 aromatic carbocycles. The second-order valence-corrected chi connectivity index (χ2v) is 9.58. The number of thiophene rings is 1. The first-order valence-electron chi connectivity index (χ1n) is 7.93. The van der Waals surface area contributed by atoms with Crippen molar-refractivity contribution in [3.63, 3.8) is 0 Å². The van der Waals surface area contributed by atoms with Gasteiger partial charge in [0.15, 0.2) is 0 Å². The zero-order valence-corrected chi connectivity index (χ0v) is 15.0. The molecular formula is C17H23NO2S2. The molecule has 0 spiro atoms. The van der Waals surface area contributed by atoms with Crippen LogP contribution in [0.25, 0.3) is 0 Å². The molecule has 0 unspecified atom stereocenters. The number of nitrogens with one attached hydrogen (secondary N) is 1. The van der Waals surface area contributed by atoms with Crippen LogP contribution in [-0.4, -0.2) is 22.8 Å². The standard InChI is InChI=1S/C17H23NO2S2/c1-17(2,3)11-4-5-13-10(8-11)9-14(22-13)15(19)18-12-6-7-21-16(12)20/h9,11-12H,4-8H2,1-3H3,(H,18,19)/t11-,12-/m0/s1. The van der Waals surface area contributed by atoms with E-state index in [9.17, 15) is 9.59 Å². The van der Waals surface area contributed by atoms with Crippen LogP contribution in [-0.2, 0) is 17.6 Å². The summed E-state index contributed by atoms with van der Waals surface area (Å²) in [5.41, 5.74) is 1.66. The van der Waals surface area contributed by atoms with Gasteiger partial charge in [-0.1, -0.05) is 32.5 Å². The molecular weight excluding hydrogens is 314 g/mol. The molecule has 0 saturated carbocycles. The maximum absolute atomic E-state index is 12.4. The van der Waals surface area contributed by atoms with Crippen molar-refractivity contribution in [2.75, 3.05) is 5.75 Å². The van der Waals surface area contributed by atoms with E-state index in [4.69, 9.17) is 0 Å². The van der Waals surface area contributed by atoms with E-state index < -0.39 is 0 Å². The van der Waals surface area contributed by atoms with Gasteiger partial charge < -0.3 is 5.32 Å². The molecule has 0 radical (unpaired) electrons. The van der Waals surface area contributed by atoms with Crippen molar-refractivity contribution in [1.82, 2.24) is 5.32 Å². The zero-order valence-electron chi connectivity index (χ0n) is 13.4. The third kappa shape index (κ3) is 3.25. The SMILES string of the molecule is CC(C)(C)[C@H]1CCc2sc(C(=O)N[C@H]3CCSC3=O)cc2C1. The Morgan fingerprint density at radius 1 is 1.32 bits per heavy atom. The Kier molecular flexibility index (Phi) is 4.38. The summed E-state index contributed by atoms with van der Waals surface area (Å²) in [5.74, 6) is 1.42. The Hall–Kier alpha value is -0.810. The number of amides is 1. The zero-order chi connectivity index (χ0) is 15.9. The molecule has 0 bridgehead atoms. The number of hydrogen-bond donors (Lipinski definition) is 1. The van der Waals surface area contributed by atoms with Gasteiger partial charge in [-0.2, -0.15) is 0 Å². The average Bonchev–Trinajstić information content (AvgIpc) is 3.03. The Bertz CT molecular complexity index is 600. The number of carbonyl (C=O) groups is 2. The molecule has 2 aliphatic rings. The highest BCUT2D eigenvalue weighted by Gasteiger charge is 2.31. The van der Waals surface area contributed by atoms with Crippen molar-refractivity contribution in [1.29, 1.82) is 0 Å². The van der Waals surface area contributed by atoms with E-state index in [-0.39, 0.29) is 17.1 Å². The summed E-state index contributed by atoms with van der Waals surface area (Å²) in [4.78, 5) is 26.1. The molecule has 1 aromatic rings.